The molecule has 1 heterocycles. The molecule has 0 unspecified atom stereocenters. The predicted molar refractivity (Wildman–Crippen MR) is 121 cm³/mol. The molecule has 2 aromatic carbocycles. The Morgan fingerprint density at radius 3 is 2.47 bits per heavy atom. The monoisotopic (exact) mass is 469 g/mol. The summed E-state index contributed by atoms with van der Waals surface area (Å²) >= 11 is 3.58. The summed E-state index contributed by atoms with van der Waals surface area (Å²) in [6, 6.07) is 15.3. The van der Waals surface area contributed by atoms with E-state index in [0.717, 1.165) is 33.4 Å². The third kappa shape index (κ3) is 6.30. The van der Waals surface area contributed by atoms with Crippen molar-refractivity contribution in [1.29, 1.82) is 0 Å². The van der Waals surface area contributed by atoms with Crippen molar-refractivity contribution in [3.8, 4) is 11.5 Å². The molecule has 30 heavy (non-hydrogen) atoms. The van der Waals surface area contributed by atoms with Crippen LogP contribution in [0.4, 0.5) is 5.69 Å². The molecule has 0 fully saturated rings. The summed E-state index contributed by atoms with van der Waals surface area (Å²) in [5.41, 5.74) is 4.05. The maximum atomic E-state index is 12.2. The van der Waals surface area contributed by atoms with E-state index in [0.29, 0.717) is 18.0 Å². The third-order valence-corrected chi connectivity index (χ3v) is 5.16. The van der Waals surface area contributed by atoms with Crippen LogP contribution in [0.2, 0.25) is 0 Å². The lowest BCUT2D eigenvalue weighted by molar-refractivity contribution is -0.118. The van der Waals surface area contributed by atoms with Gasteiger partial charge in [0.2, 0.25) is 0 Å². The molecule has 0 aliphatic rings. The number of carbonyl (C=O) groups excluding carboxylic acids is 1. The molecule has 0 saturated carbocycles. The highest BCUT2D eigenvalue weighted by Crippen LogP contribution is 2.33. The molecule has 3 aromatic rings. The summed E-state index contributed by atoms with van der Waals surface area (Å²) in [6.45, 7) is 3.26. The molecule has 0 bridgehead atoms. The van der Waals surface area contributed by atoms with E-state index >= 15 is 0 Å². The number of pyridine rings is 1. The van der Waals surface area contributed by atoms with Crippen molar-refractivity contribution in [3.05, 3.63) is 82.1 Å². The largest absolute Gasteiger partial charge is 0.493 e. The van der Waals surface area contributed by atoms with Gasteiger partial charge in [-0.1, -0.05) is 33.6 Å². The van der Waals surface area contributed by atoms with Gasteiger partial charge in [0, 0.05) is 35.6 Å². The van der Waals surface area contributed by atoms with E-state index in [-0.39, 0.29) is 12.5 Å². The lowest BCUT2D eigenvalue weighted by atomic mass is 10.2. The van der Waals surface area contributed by atoms with Crippen LogP contribution in [-0.4, -0.2) is 24.6 Å². The average molecular weight is 470 g/mol. The fourth-order valence-corrected chi connectivity index (χ4v) is 3.27. The van der Waals surface area contributed by atoms with Gasteiger partial charge in [-0.15, -0.1) is 0 Å². The zero-order valence-corrected chi connectivity index (χ0v) is 18.5. The Labute approximate surface area is 184 Å². The standard InChI is InChI=1S/C23H24BrN3O3/c1-16-3-5-19(6-4-16)27-23(28)15-30-22-12-20(24)18(11-21(22)29-2)14-26-13-17-7-9-25-10-8-17/h3-12,26H,13-15H2,1-2H3,(H,27,28). The van der Waals surface area contributed by atoms with Crippen LogP contribution < -0.4 is 20.1 Å². The van der Waals surface area contributed by atoms with Crippen LogP contribution in [0.3, 0.4) is 0 Å². The molecule has 1 aromatic heterocycles. The second-order valence-electron chi connectivity index (χ2n) is 6.76. The predicted octanol–water partition coefficient (Wildman–Crippen LogP) is 4.47. The summed E-state index contributed by atoms with van der Waals surface area (Å²) in [7, 11) is 1.58. The molecule has 0 radical (unpaired) electrons. The topological polar surface area (TPSA) is 72.5 Å². The van der Waals surface area contributed by atoms with Gasteiger partial charge in [0.15, 0.2) is 18.1 Å². The molecule has 1 amide bonds. The molecule has 3 rings (SSSR count). The number of ether oxygens (including phenoxy) is 2. The molecular weight excluding hydrogens is 446 g/mol. The number of hydrogen-bond donors (Lipinski definition) is 2. The number of amides is 1. The fourth-order valence-electron chi connectivity index (χ4n) is 2.80. The molecule has 0 aliphatic heterocycles. The number of methoxy groups -OCH3 is 1. The quantitative estimate of drug-likeness (QED) is 0.483. The van der Waals surface area contributed by atoms with Crippen LogP contribution in [0, 0.1) is 6.92 Å². The number of nitrogens with one attached hydrogen (secondary N) is 2. The third-order valence-electron chi connectivity index (χ3n) is 4.42. The van der Waals surface area contributed by atoms with Crippen molar-refractivity contribution >= 4 is 27.5 Å². The lowest BCUT2D eigenvalue weighted by Gasteiger charge is -2.14. The second-order valence-corrected chi connectivity index (χ2v) is 7.61. The van der Waals surface area contributed by atoms with Crippen molar-refractivity contribution in [2.24, 2.45) is 0 Å². The van der Waals surface area contributed by atoms with Gasteiger partial charge in [0.25, 0.3) is 5.91 Å². The summed E-state index contributed by atoms with van der Waals surface area (Å²) in [5.74, 6) is 0.837. The van der Waals surface area contributed by atoms with E-state index in [1.807, 2.05) is 55.5 Å². The van der Waals surface area contributed by atoms with E-state index in [1.54, 1.807) is 19.5 Å². The molecular formula is C23H24BrN3O3. The highest BCUT2D eigenvalue weighted by molar-refractivity contribution is 9.10. The van der Waals surface area contributed by atoms with Gasteiger partial charge in [-0.2, -0.15) is 0 Å². The minimum absolute atomic E-state index is 0.115. The number of carbonyl (C=O) groups is 1. The van der Waals surface area contributed by atoms with Crippen LogP contribution in [-0.2, 0) is 17.9 Å². The minimum Gasteiger partial charge on any atom is -0.493 e. The molecule has 156 valence electrons. The van der Waals surface area contributed by atoms with Gasteiger partial charge in [-0.3, -0.25) is 9.78 Å². The first-order valence-electron chi connectivity index (χ1n) is 9.50. The Balaban J connectivity index is 1.57. The fraction of sp³-hybridized carbons (Fsp3) is 0.217. The normalized spacial score (nSPS) is 10.5. The molecule has 0 atom stereocenters. The highest BCUT2D eigenvalue weighted by atomic mass is 79.9. The van der Waals surface area contributed by atoms with Crippen LogP contribution in [0.1, 0.15) is 16.7 Å². The maximum absolute atomic E-state index is 12.2. The number of nitrogens with zero attached hydrogens (tertiary/aromatic N) is 1. The molecule has 6 nitrogen and oxygen atoms in total. The Bertz CT molecular complexity index is 979. The Morgan fingerprint density at radius 2 is 1.77 bits per heavy atom. The smallest absolute Gasteiger partial charge is 0.262 e. The van der Waals surface area contributed by atoms with Gasteiger partial charge >= 0.3 is 0 Å². The SMILES string of the molecule is COc1cc(CNCc2ccncc2)c(Br)cc1OCC(=O)Nc1ccc(C)cc1. The van der Waals surface area contributed by atoms with Crippen molar-refractivity contribution in [3.63, 3.8) is 0 Å². The molecule has 0 saturated heterocycles. The first-order valence-corrected chi connectivity index (χ1v) is 10.3. The lowest BCUT2D eigenvalue weighted by Crippen LogP contribution is -2.20. The molecule has 2 N–H and O–H groups in total. The van der Waals surface area contributed by atoms with Crippen molar-refractivity contribution in [2.75, 3.05) is 19.0 Å². The van der Waals surface area contributed by atoms with E-state index in [1.165, 1.54) is 0 Å². The number of aromatic nitrogens is 1. The van der Waals surface area contributed by atoms with Crippen LogP contribution in [0.5, 0.6) is 11.5 Å². The van der Waals surface area contributed by atoms with Gasteiger partial charge in [0.1, 0.15) is 0 Å². The Kier molecular flexibility index (Phi) is 7.82. The Morgan fingerprint density at radius 1 is 1.03 bits per heavy atom. The summed E-state index contributed by atoms with van der Waals surface area (Å²) < 4.78 is 12.0. The van der Waals surface area contributed by atoms with Crippen molar-refractivity contribution < 1.29 is 14.3 Å². The number of hydrogen-bond acceptors (Lipinski definition) is 5. The first-order chi connectivity index (χ1) is 14.5. The molecule has 7 heteroatoms. The van der Waals surface area contributed by atoms with Crippen LogP contribution in [0.25, 0.3) is 0 Å². The van der Waals surface area contributed by atoms with Gasteiger partial charge in [-0.05, 0) is 54.4 Å². The van der Waals surface area contributed by atoms with E-state index in [9.17, 15) is 4.79 Å². The van der Waals surface area contributed by atoms with Crippen molar-refractivity contribution in [1.82, 2.24) is 10.3 Å². The number of aryl methyl sites for hydroxylation is 1. The van der Waals surface area contributed by atoms with E-state index in [4.69, 9.17) is 9.47 Å². The first kappa shape index (κ1) is 21.8. The number of halogens is 1. The summed E-state index contributed by atoms with van der Waals surface area (Å²) in [6.07, 6.45) is 3.55. The zero-order valence-electron chi connectivity index (χ0n) is 16.9. The van der Waals surface area contributed by atoms with E-state index < -0.39 is 0 Å². The maximum Gasteiger partial charge on any atom is 0.262 e. The number of rotatable bonds is 9. The van der Waals surface area contributed by atoms with Crippen molar-refractivity contribution in [2.45, 2.75) is 20.0 Å². The van der Waals surface area contributed by atoms with Gasteiger partial charge < -0.3 is 20.1 Å². The average Bonchev–Trinajstić information content (AvgIpc) is 2.76. The Hall–Kier alpha value is -2.90. The zero-order chi connectivity index (χ0) is 21.3. The van der Waals surface area contributed by atoms with Crippen LogP contribution in [0.15, 0.2) is 65.4 Å². The number of benzene rings is 2. The molecule has 0 spiro atoms. The van der Waals surface area contributed by atoms with Crippen LogP contribution >= 0.6 is 15.9 Å². The second kappa shape index (κ2) is 10.8. The summed E-state index contributed by atoms with van der Waals surface area (Å²) in [5, 5.41) is 6.21. The minimum atomic E-state index is -0.236. The van der Waals surface area contributed by atoms with Gasteiger partial charge in [-0.25, -0.2) is 0 Å². The highest BCUT2D eigenvalue weighted by Gasteiger charge is 2.12. The van der Waals surface area contributed by atoms with E-state index in [2.05, 4.69) is 31.5 Å². The molecule has 0 aliphatic carbocycles. The number of anilines is 1. The summed E-state index contributed by atoms with van der Waals surface area (Å²) in [4.78, 5) is 16.2. The van der Waals surface area contributed by atoms with Gasteiger partial charge in [0.05, 0.1) is 7.11 Å².